The molecule has 2 aromatic rings. The molecule has 100 valence electrons. The molecule has 0 spiro atoms. The van der Waals surface area contributed by atoms with E-state index < -0.39 is 5.97 Å². The van der Waals surface area contributed by atoms with Gasteiger partial charge in [-0.3, -0.25) is 9.89 Å². The number of rotatable bonds is 3. The lowest BCUT2D eigenvalue weighted by Gasteiger charge is -2.06. The molecule has 2 aromatic heterocycles. The Kier molecular flexibility index (Phi) is 3.66. The van der Waals surface area contributed by atoms with Crippen LogP contribution in [0, 0.1) is 13.8 Å². The lowest BCUT2D eigenvalue weighted by molar-refractivity contribution is 0.0607. The quantitative estimate of drug-likeness (QED) is 0.843. The Labute approximate surface area is 113 Å². The highest BCUT2D eigenvalue weighted by Gasteiger charge is 2.20. The van der Waals surface area contributed by atoms with Crippen molar-refractivity contribution in [3.05, 3.63) is 33.3 Å². The molecule has 0 aromatic carbocycles. The molecule has 7 heteroatoms. The predicted octanol–water partition coefficient (Wildman–Crippen LogP) is 2.13. The Morgan fingerprint density at radius 2 is 2.16 bits per heavy atom. The number of anilines is 1. The Morgan fingerprint density at radius 3 is 2.74 bits per heavy atom. The van der Waals surface area contributed by atoms with Crippen LogP contribution in [0.1, 0.15) is 31.3 Å². The number of hydrogen-bond acceptors (Lipinski definition) is 5. The minimum atomic E-state index is -0.461. The van der Waals surface area contributed by atoms with Gasteiger partial charge in [0, 0.05) is 5.69 Å². The summed E-state index contributed by atoms with van der Waals surface area (Å²) >= 11 is 1.24. The SMILES string of the molecule is COC(=O)c1scc(C)c1NC(=O)c1cn[nH]c1C. The number of thiophene rings is 1. The molecule has 2 N–H and O–H groups in total. The van der Waals surface area contributed by atoms with Crippen LogP contribution < -0.4 is 5.32 Å². The summed E-state index contributed by atoms with van der Waals surface area (Å²) < 4.78 is 4.69. The number of aromatic amines is 1. The number of carbonyl (C=O) groups excluding carboxylic acids is 2. The van der Waals surface area contributed by atoms with E-state index in [0.29, 0.717) is 21.8 Å². The highest BCUT2D eigenvalue weighted by molar-refractivity contribution is 7.12. The molecule has 0 saturated heterocycles. The van der Waals surface area contributed by atoms with Gasteiger partial charge in [-0.25, -0.2) is 4.79 Å². The lowest BCUT2D eigenvalue weighted by Crippen LogP contribution is -2.15. The van der Waals surface area contributed by atoms with Crippen molar-refractivity contribution < 1.29 is 14.3 Å². The van der Waals surface area contributed by atoms with Gasteiger partial charge in [0.1, 0.15) is 4.88 Å². The van der Waals surface area contributed by atoms with E-state index in [1.807, 2.05) is 6.92 Å². The molecule has 2 heterocycles. The normalized spacial score (nSPS) is 10.3. The summed E-state index contributed by atoms with van der Waals surface area (Å²) in [6.45, 7) is 3.57. The van der Waals surface area contributed by atoms with E-state index in [-0.39, 0.29) is 5.91 Å². The van der Waals surface area contributed by atoms with Crippen LogP contribution >= 0.6 is 11.3 Å². The van der Waals surface area contributed by atoms with Gasteiger partial charge in [0.25, 0.3) is 5.91 Å². The van der Waals surface area contributed by atoms with Gasteiger partial charge in [0.2, 0.25) is 0 Å². The summed E-state index contributed by atoms with van der Waals surface area (Å²) in [6.07, 6.45) is 1.45. The van der Waals surface area contributed by atoms with Crippen LogP contribution in [0.5, 0.6) is 0 Å². The molecule has 0 fully saturated rings. The standard InChI is InChI=1S/C12H13N3O3S/c1-6-5-19-10(12(17)18-3)9(6)14-11(16)8-4-13-15-7(8)2/h4-5H,1-3H3,(H,13,15)(H,14,16). The molecule has 0 radical (unpaired) electrons. The summed E-state index contributed by atoms with van der Waals surface area (Å²) in [7, 11) is 1.31. The van der Waals surface area contributed by atoms with Crippen molar-refractivity contribution in [3.8, 4) is 0 Å². The second-order valence-corrected chi connectivity index (χ2v) is 4.86. The number of methoxy groups -OCH3 is 1. The predicted molar refractivity (Wildman–Crippen MR) is 71.7 cm³/mol. The maximum absolute atomic E-state index is 12.1. The second-order valence-electron chi connectivity index (χ2n) is 3.98. The number of aromatic nitrogens is 2. The summed E-state index contributed by atoms with van der Waals surface area (Å²) in [6, 6.07) is 0. The van der Waals surface area contributed by atoms with Crippen LogP contribution in [0.4, 0.5) is 5.69 Å². The highest BCUT2D eigenvalue weighted by atomic mass is 32.1. The minimum absolute atomic E-state index is 0.307. The van der Waals surface area contributed by atoms with Gasteiger partial charge < -0.3 is 10.1 Å². The molecule has 0 aliphatic heterocycles. The molecule has 0 atom stereocenters. The summed E-state index contributed by atoms with van der Waals surface area (Å²) in [4.78, 5) is 24.1. The molecule has 0 aliphatic carbocycles. The van der Waals surface area contributed by atoms with Gasteiger partial charge >= 0.3 is 5.97 Å². The van der Waals surface area contributed by atoms with E-state index in [1.165, 1.54) is 24.6 Å². The zero-order valence-electron chi connectivity index (χ0n) is 10.7. The van der Waals surface area contributed by atoms with Crippen LogP contribution in [0.25, 0.3) is 0 Å². The van der Waals surface area contributed by atoms with Crippen LogP contribution in [0.3, 0.4) is 0 Å². The topological polar surface area (TPSA) is 84.1 Å². The number of amides is 1. The molecule has 19 heavy (non-hydrogen) atoms. The van der Waals surface area contributed by atoms with E-state index in [1.54, 1.807) is 12.3 Å². The van der Waals surface area contributed by atoms with Gasteiger partial charge in [0.05, 0.1) is 24.6 Å². The van der Waals surface area contributed by atoms with E-state index in [9.17, 15) is 9.59 Å². The van der Waals surface area contributed by atoms with Crippen molar-refractivity contribution in [3.63, 3.8) is 0 Å². The molecular weight excluding hydrogens is 266 g/mol. The molecule has 0 aliphatic rings. The van der Waals surface area contributed by atoms with Crippen molar-refractivity contribution in [2.45, 2.75) is 13.8 Å². The number of H-pyrrole nitrogens is 1. The zero-order chi connectivity index (χ0) is 14.0. The number of nitrogens with one attached hydrogen (secondary N) is 2. The third kappa shape index (κ3) is 2.50. The molecule has 0 bridgehead atoms. The van der Waals surface area contributed by atoms with Crippen LogP contribution in [0.2, 0.25) is 0 Å². The zero-order valence-corrected chi connectivity index (χ0v) is 11.6. The maximum atomic E-state index is 12.1. The largest absolute Gasteiger partial charge is 0.465 e. The third-order valence-corrected chi connectivity index (χ3v) is 3.74. The van der Waals surface area contributed by atoms with E-state index in [4.69, 9.17) is 0 Å². The molecule has 6 nitrogen and oxygen atoms in total. The fourth-order valence-electron chi connectivity index (χ4n) is 1.60. The Morgan fingerprint density at radius 1 is 1.42 bits per heavy atom. The van der Waals surface area contributed by atoms with Crippen LogP contribution in [-0.2, 0) is 4.74 Å². The van der Waals surface area contributed by atoms with Crippen molar-refractivity contribution >= 4 is 28.9 Å². The molecule has 2 rings (SSSR count). The molecule has 0 saturated carbocycles. The Hall–Kier alpha value is -2.15. The number of esters is 1. The van der Waals surface area contributed by atoms with Gasteiger partial charge in [-0.05, 0) is 24.8 Å². The lowest BCUT2D eigenvalue weighted by atomic mass is 10.2. The summed E-state index contributed by atoms with van der Waals surface area (Å²) in [5, 5.41) is 11.0. The number of ether oxygens (including phenoxy) is 1. The van der Waals surface area contributed by atoms with Crippen molar-refractivity contribution in [1.29, 1.82) is 0 Å². The summed E-state index contributed by atoms with van der Waals surface area (Å²) in [5.74, 6) is -0.768. The number of aryl methyl sites for hydroxylation is 2. The first-order valence-corrected chi connectivity index (χ1v) is 6.40. The monoisotopic (exact) mass is 279 g/mol. The van der Waals surface area contributed by atoms with Crippen molar-refractivity contribution in [2.75, 3.05) is 12.4 Å². The average Bonchev–Trinajstić information content (AvgIpc) is 2.96. The molecule has 0 unspecified atom stereocenters. The fourth-order valence-corrected chi connectivity index (χ4v) is 2.52. The van der Waals surface area contributed by atoms with E-state index in [2.05, 4.69) is 20.3 Å². The number of carbonyl (C=O) groups is 2. The van der Waals surface area contributed by atoms with Gasteiger partial charge in [0.15, 0.2) is 0 Å². The first kappa shape index (κ1) is 13.3. The van der Waals surface area contributed by atoms with Gasteiger partial charge in [-0.15, -0.1) is 11.3 Å². The Bertz CT molecular complexity index is 630. The van der Waals surface area contributed by atoms with Crippen LogP contribution in [-0.4, -0.2) is 29.2 Å². The fraction of sp³-hybridized carbons (Fsp3) is 0.250. The van der Waals surface area contributed by atoms with E-state index >= 15 is 0 Å². The van der Waals surface area contributed by atoms with Gasteiger partial charge in [-0.2, -0.15) is 5.10 Å². The first-order chi connectivity index (χ1) is 9.04. The highest BCUT2D eigenvalue weighted by Crippen LogP contribution is 2.28. The number of nitrogens with zero attached hydrogens (tertiary/aromatic N) is 1. The number of hydrogen-bond donors (Lipinski definition) is 2. The maximum Gasteiger partial charge on any atom is 0.350 e. The third-order valence-electron chi connectivity index (χ3n) is 2.66. The first-order valence-electron chi connectivity index (χ1n) is 5.52. The Balaban J connectivity index is 2.29. The molecule has 1 amide bonds. The van der Waals surface area contributed by atoms with Crippen molar-refractivity contribution in [1.82, 2.24) is 10.2 Å². The van der Waals surface area contributed by atoms with Crippen molar-refractivity contribution in [2.24, 2.45) is 0 Å². The molecular formula is C12H13N3O3S. The second kappa shape index (κ2) is 5.23. The van der Waals surface area contributed by atoms with E-state index in [0.717, 1.165) is 5.56 Å². The van der Waals surface area contributed by atoms with Gasteiger partial charge in [-0.1, -0.05) is 0 Å². The summed E-state index contributed by atoms with van der Waals surface area (Å²) in [5.41, 5.74) is 2.42. The smallest absolute Gasteiger partial charge is 0.350 e. The van der Waals surface area contributed by atoms with Crippen LogP contribution in [0.15, 0.2) is 11.6 Å². The average molecular weight is 279 g/mol. The minimum Gasteiger partial charge on any atom is -0.465 e.